The maximum Gasteiger partial charge on any atom is 0.0745 e. The molecule has 3 nitrogen and oxygen atoms in total. The molecule has 1 atom stereocenters. The van der Waals surface area contributed by atoms with E-state index < -0.39 is 6.10 Å². The van der Waals surface area contributed by atoms with E-state index in [1.807, 2.05) is 0 Å². The van der Waals surface area contributed by atoms with E-state index in [4.69, 9.17) is 14.9 Å². The molecule has 0 saturated heterocycles. The van der Waals surface area contributed by atoms with Gasteiger partial charge in [0.25, 0.3) is 0 Å². The monoisotopic (exact) mass is 184 g/mol. The Hall–Kier alpha value is -0.120. The van der Waals surface area contributed by atoms with Crippen LogP contribution in [0.4, 0.5) is 0 Å². The highest BCUT2D eigenvalue weighted by Crippen LogP contribution is 1.80. The van der Waals surface area contributed by atoms with Gasteiger partial charge in [0, 0.05) is 0 Å². The second-order valence-electron chi connectivity index (χ2n) is 1.65. The lowest BCUT2D eigenvalue weighted by Crippen LogP contribution is -2.12. The molecule has 0 saturated carbocycles. The molecule has 0 aromatic carbocycles. The molecule has 0 amide bonds. The molecule has 0 bridgehead atoms. The second-order valence-corrected chi connectivity index (χ2v) is 1.65. The summed E-state index contributed by atoms with van der Waals surface area (Å²) in [5.74, 6) is 0. The number of aliphatic hydroxyl groups excluding tert-OH is 2. The molecule has 0 spiro atoms. The number of hydrogen-bond donors (Lipinski definition) is 2. The van der Waals surface area contributed by atoms with E-state index in [0.29, 0.717) is 13.2 Å². The highest BCUT2D eigenvalue weighted by Gasteiger charge is 1.91. The van der Waals surface area contributed by atoms with Gasteiger partial charge in [-0.05, 0) is 6.92 Å². The third-order valence-electron chi connectivity index (χ3n) is 0.595. The lowest BCUT2D eigenvalue weighted by Gasteiger charge is -2.02. The number of aliphatic hydroxyl groups is 2. The molecule has 1 unspecified atom stereocenters. The first-order chi connectivity index (χ1) is 3.77. The van der Waals surface area contributed by atoms with E-state index >= 15 is 0 Å². The Bertz CT molecular complexity index is 47.0. The van der Waals surface area contributed by atoms with Gasteiger partial charge in [-0.3, -0.25) is 0 Å². The van der Waals surface area contributed by atoms with Crippen molar-refractivity contribution in [3.05, 3.63) is 0 Å². The van der Waals surface area contributed by atoms with Crippen molar-refractivity contribution in [1.29, 1.82) is 0 Å². The van der Waals surface area contributed by atoms with Gasteiger partial charge in [0.2, 0.25) is 0 Å². The zero-order chi connectivity index (χ0) is 6.41. The smallest absolute Gasteiger partial charge is 0.0745 e. The highest BCUT2D eigenvalue weighted by atomic mass is 16.5. The van der Waals surface area contributed by atoms with Gasteiger partial charge in [-0.2, -0.15) is 0 Å². The van der Waals surface area contributed by atoms with Crippen molar-refractivity contribution in [3.63, 3.8) is 0 Å². The van der Waals surface area contributed by atoms with Crippen molar-refractivity contribution in [3.8, 4) is 0 Å². The van der Waals surface area contributed by atoms with Gasteiger partial charge in [-0.1, -0.05) is 29.7 Å². The Morgan fingerprint density at radius 2 is 1.58 bits per heavy atom. The van der Waals surface area contributed by atoms with Crippen LogP contribution in [0, 0.1) is 0 Å². The number of ether oxygens (including phenoxy) is 1. The number of rotatable bonds is 4. The summed E-state index contributed by atoms with van der Waals surface area (Å²) < 4.78 is 4.74. The standard InChI is InChI=1S/C5H12O3.4CH4/c1-5(7)4-8-3-2-6;;;;/h5-7H,2-4H2,1H3;4*1H4. The molecule has 0 aromatic rings. The topological polar surface area (TPSA) is 49.7 Å². The predicted molar refractivity (Wildman–Crippen MR) is 56.5 cm³/mol. The SMILES string of the molecule is C.C.C.C.CC(O)COCCO. The van der Waals surface area contributed by atoms with Gasteiger partial charge in [-0.25, -0.2) is 0 Å². The van der Waals surface area contributed by atoms with Crippen LogP contribution in [-0.2, 0) is 4.74 Å². The second kappa shape index (κ2) is 22.4. The normalized spacial score (nSPS) is 9.25. The van der Waals surface area contributed by atoms with Crippen LogP contribution in [0.3, 0.4) is 0 Å². The fourth-order valence-corrected chi connectivity index (χ4v) is 0.318. The quantitative estimate of drug-likeness (QED) is 0.656. The van der Waals surface area contributed by atoms with Crippen molar-refractivity contribution in [2.24, 2.45) is 0 Å². The molecule has 0 fully saturated rings. The lowest BCUT2D eigenvalue weighted by atomic mass is 10.4. The van der Waals surface area contributed by atoms with Crippen molar-refractivity contribution in [1.82, 2.24) is 0 Å². The maximum atomic E-state index is 8.57. The van der Waals surface area contributed by atoms with Crippen molar-refractivity contribution < 1.29 is 14.9 Å². The molecule has 12 heavy (non-hydrogen) atoms. The molecule has 0 heterocycles. The van der Waals surface area contributed by atoms with Crippen LogP contribution in [0.5, 0.6) is 0 Å². The van der Waals surface area contributed by atoms with Crippen molar-refractivity contribution in [2.75, 3.05) is 19.8 Å². The van der Waals surface area contributed by atoms with Gasteiger partial charge >= 0.3 is 0 Å². The van der Waals surface area contributed by atoms with Crippen LogP contribution >= 0.6 is 0 Å². The summed E-state index contributed by atoms with van der Waals surface area (Å²) in [5.41, 5.74) is 0. The Morgan fingerprint density at radius 1 is 1.17 bits per heavy atom. The minimum atomic E-state index is -0.429. The average molecular weight is 184 g/mol. The lowest BCUT2D eigenvalue weighted by molar-refractivity contribution is 0.0292. The molecule has 3 heteroatoms. The average Bonchev–Trinajstić information content (AvgIpc) is 1.66. The first-order valence-electron chi connectivity index (χ1n) is 2.64. The summed E-state index contributed by atoms with van der Waals surface area (Å²) in [6, 6.07) is 0. The van der Waals surface area contributed by atoms with E-state index in [2.05, 4.69) is 0 Å². The molecule has 82 valence electrons. The van der Waals surface area contributed by atoms with Crippen molar-refractivity contribution in [2.45, 2.75) is 42.7 Å². The fourth-order valence-electron chi connectivity index (χ4n) is 0.318. The molecule has 0 aliphatic carbocycles. The zero-order valence-electron chi connectivity index (χ0n) is 5.00. The van der Waals surface area contributed by atoms with Crippen LogP contribution in [0.2, 0.25) is 0 Å². The van der Waals surface area contributed by atoms with E-state index in [1.165, 1.54) is 0 Å². The van der Waals surface area contributed by atoms with Gasteiger partial charge < -0.3 is 14.9 Å². The van der Waals surface area contributed by atoms with Gasteiger partial charge in [-0.15, -0.1) is 0 Å². The van der Waals surface area contributed by atoms with Crippen LogP contribution in [-0.4, -0.2) is 36.1 Å². The van der Waals surface area contributed by atoms with Crippen LogP contribution in [0.1, 0.15) is 36.6 Å². The van der Waals surface area contributed by atoms with Crippen LogP contribution in [0.25, 0.3) is 0 Å². The van der Waals surface area contributed by atoms with E-state index in [1.54, 1.807) is 6.92 Å². The first-order valence-corrected chi connectivity index (χ1v) is 2.64. The van der Waals surface area contributed by atoms with Crippen LogP contribution < -0.4 is 0 Å². The minimum Gasteiger partial charge on any atom is -0.394 e. The van der Waals surface area contributed by atoms with Gasteiger partial charge in [0.05, 0.1) is 25.9 Å². The summed E-state index contributed by atoms with van der Waals surface area (Å²) in [7, 11) is 0. The maximum absolute atomic E-state index is 8.57. The highest BCUT2D eigenvalue weighted by molar-refractivity contribution is 4.39. The molecule has 0 aromatic heterocycles. The zero-order valence-corrected chi connectivity index (χ0v) is 5.00. The van der Waals surface area contributed by atoms with Crippen LogP contribution in [0.15, 0.2) is 0 Å². The minimum absolute atomic E-state index is 0. The van der Waals surface area contributed by atoms with Crippen molar-refractivity contribution >= 4 is 0 Å². The molecular weight excluding hydrogens is 156 g/mol. The molecule has 0 radical (unpaired) electrons. The Morgan fingerprint density at radius 3 is 1.83 bits per heavy atom. The summed E-state index contributed by atoms with van der Waals surface area (Å²) in [6.07, 6.45) is -0.429. The third-order valence-corrected chi connectivity index (χ3v) is 0.595. The predicted octanol–water partition coefficient (Wildman–Crippen LogP) is 1.92. The molecule has 0 aliphatic rings. The fraction of sp³-hybridized carbons (Fsp3) is 1.00. The molecule has 0 rings (SSSR count). The first kappa shape index (κ1) is 29.7. The van der Waals surface area contributed by atoms with Gasteiger partial charge in [0.1, 0.15) is 0 Å². The van der Waals surface area contributed by atoms with E-state index in [0.717, 1.165) is 0 Å². The Kier molecular flexibility index (Phi) is 55.5. The summed E-state index contributed by atoms with van der Waals surface area (Å²) in [4.78, 5) is 0. The largest absolute Gasteiger partial charge is 0.394 e. The van der Waals surface area contributed by atoms with Gasteiger partial charge in [0.15, 0.2) is 0 Å². The van der Waals surface area contributed by atoms with E-state index in [-0.39, 0.29) is 36.3 Å². The number of hydrogen-bond acceptors (Lipinski definition) is 3. The summed E-state index contributed by atoms with van der Waals surface area (Å²) in [6.45, 7) is 2.27. The Balaban J connectivity index is -0.0000000408. The third kappa shape index (κ3) is 32.7. The summed E-state index contributed by atoms with van der Waals surface area (Å²) in [5, 5.41) is 16.7. The van der Waals surface area contributed by atoms with E-state index in [9.17, 15) is 0 Å². The summed E-state index contributed by atoms with van der Waals surface area (Å²) >= 11 is 0. The molecular formula is C9H28O3. The molecule has 2 N–H and O–H groups in total. The Labute approximate surface area is 78.4 Å². The molecule has 0 aliphatic heterocycles.